The van der Waals surface area contributed by atoms with Crippen molar-refractivity contribution in [3.8, 4) is 0 Å². The van der Waals surface area contributed by atoms with E-state index in [1.165, 1.54) is 20.0 Å². The first-order valence-electron chi connectivity index (χ1n) is 5.15. The van der Waals surface area contributed by atoms with Gasteiger partial charge in [0.2, 0.25) is 0 Å². The number of carbonyl (C=O) groups excluding carboxylic acids is 1. The van der Waals surface area contributed by atoms with Crippen LogP contribution in [0, 0.1) is 23.7 Å². The Labute approximate surface area is 80.7 Å². The van der Waals surface area contributed by atoms with E-state index in [2.05, 4.69) is 20.8 Å². The molecule has 1 saturated carbocycles. The minimum absolute atomic E-state index is 0.0105. The summed E-state index contributed by atoms with van der Waals surface area (Å²) in [5, 5.41) is 0. The Hall–Kier alpha value is -0.530. The Morgan fingerprint density at radius 1 is 1.38 bits per heavy atom. The lowest BCUT2D eigenvalue weighted by atomic mass is 9.83. The highest BCUT2D eigenvalue weighted by atomic mass is 16.5. The summed E-state index contributed by atoms with van der Waals surface area (Å²) in [6.45, 7) is 6.54. The zero-order valence-electron chi connectivity index (χ0n) is 9.04. The molecule has 1 aliphatic carbocycles. The van der Waals surface area contributed by atoms with E-state index in [4.69, 9.17) is 4.74 Å². The van der Waals surface area contributed by atoms with Gasteiger partial charge >= 0.3 is 5.97 Å². The van der Waals surface area contributed by atoms with Gasteiger partial charge in [-0.1, -0.05) is 20.8 Å². The van der Waals surface area contributed by atoms with E-state index in [9.17, 15) is 4.79 Å². The zero-order valence-corrected chi connectivity index (χ0v) is 9.04. The summed E-state index contributed by atoms with van der Waals surface area (Å²) in [5.41, 5.74) is 0. The van der Waals surface area contributed by atoms with E-state index >= 15 is 0 Å². The highest BCUT2D eigenvalue weighted by molar-refractivity contribution is 5.73. The van der Waals surface area contributed by atoms with Crippen LogP contribution in [0.1, 0.15) is 33.6 Å². The third kappa shape index (κ3) is 2.04. The lowest BCUT2D eigenvalue weighted by Crippen LogP contribution is -2.27. The fourth-order valence-electron chi connectivity index (χ4n) is 2.53. The maximum absolute atomic E-state index is 11.5. The van der Waals surface area contributed by atoms with Crippen LogP contribution in [-0.4, -0.2) is 13.1 Å². The smallest absolute Gasteiger partial charge is 0.309 e. The molecule has 0 aromatic carbocycles. The number of rotatable bonds is 2. The van der Waals surface area contributed by atoms with Gasteiger partial charge in [0.25, 0.3) is 0 Å². The van der Waals surface area contributed by atoms with Crippen molar-refractivity contribution in [2.45, 2.75) is 33.6 Å². The van der Waals surface area contributed by atoms with Gasteiger partial charge in [-0.15, -0.1) is 0 Å². The second-order valence-electron chi connectivity index (χ2n) is 4.51. The van der Waals surface area contributed by atoms with Crippen LogP contribution in [0.15, 0.2) is 0 Å². The van der Waals surface area contributed by atoms with E-state index in [1.54, 1.807) is 0 Å². The van der Waals surface area contributed by atoms with Crippen molar-refractivity contribution in [2.24, 2.45) is 23.7 Å². The van der Waals surface area contributed by atoms with Crippen molar-refractivity contribution in [2.75, 3.05) is 7.11 Å². The summed E-state index contributed by atoms with van der Waals surface area (Å²) >= 11 is 0. The third-order valence-corrected chi connectivity index (χ3v) is 3.36. The lowest BCUT2D eigenvalue weighted by Gasteiger charge is -2.23. The van der Waals surface area contributed by atoms with Crippen molar-refractivity contribution in [3.63, 3.8) is 0 Å². The largest absolute Gasteiger partial charge is 0.469 e. The predicted octanol–water partition coefficient (Wildman–Crippen LogP) is 2.48. The van der Waals surface area contributed by atoms with E-state index in [0.29, 0.717) is 17.8 Å². The molecule has 0 bridgehead atoms. The molecule has 0 N–H and O–H groups in total. The standard InChI is InChI=1S/C11H20O2/c1-7(2)9-6-5-8(3)10(9)11(12)13-4/h7-10H,5-6H2,1-4H3. The average Bonchev–Trinajstić information content (AvgIpc) is 2.46. The first kappa shape index (κ1) is 10.6. The molecule has 0 spiro atoms. The van der Waals surface area contributed by atoms with Gasteiger partial charge < -0.3 is 4.74 Å². The number of hydrogen-bond donors (Lipinski definition) is 0. The Morgan fingerprint density at radius 3 is 2.46 bits per heavy atom. The molecule has 76 valence electrons. The maximum atomic E-state index is 11.5. The molecular weight excluding hydrogens is 164 g/mol. The maximum Gasteiger partial charge on any atom is 0.309 e. The van der Waals surface area contributed by atoms with Crippen LogP contribution < -0.4 is 0 Å². The quantitative estimate of drug-likeness (QED) is 0.616. The Kier molecular flexibility index (Phi) is 3.34. The van der Waals surface area contributed by atoms with Crippen LogP contribution >= 0.6 is 0 Å². The molecule has 0 aromatic heterocycles. The summed E-state index contributed by atoms with van der Waals surface area (Å²) in [5.74, 6) is 1.75. The van der Waals surface area contributed by atoms with E-state index < -0.39 is 0 Å². The van der Waals surface area contributed by atoms with E-state index in [-0.39, 0.29) is 11.9 Å². The predicted molar refractivity (Wildman–Crippen MR) is 52.2 cm³/mol. The normalized spacial score (nSPS) is 33.8. The Morgan fingerprint density at radius 2 is 2.00 bits per heavy atom. The second kappa shape index (κ2) is 4.12. The molecule has 0 amide bonds. The number of esters is 1. The molecule has 0 heterocycles. The number of methoxy groups -OCH3 is 1. The van der Waals surface area contributed by atoms with Gasteiger partial charge in [0, 0.05) is 0 Å². The van der Waals surface area contributed by atoms with Crippen LogP contribution in [-0.2, 0) is 9.53 Å². The molecular formula is C11H20O2. The van der Waals surface area contributed by atoms with Gasteiger partial charge in [0.1, 0.15) is 0 Å². The van der Waals surface area contributed by atoms with Gasteiger partial charge in [-0.25, -0.2) is 0 Å². The first-order chi connectivity index (χ1) is 6.07. The molecule has 0 radical (unpaired) electrons. The second-order valence-corrected chi connectivity index (χ2v) is 4.51. The summed E-state index contributed by atoms with van der Waals surface area (Å²) in [6.07, 6.45) is 2.35. The van der Waals surface area contributed by atoms with Crippen LogP contribution in [0.25, 0.3) is 0 Å². The Bertz CT molecular complexity index is 187. The van der Waals surface area contributed by atoms with Crippen molar-refractivity contribution in [3.05, 3.63) is 0 Å². The SMILES string of the molecule is COC(=O)C1C(C)CCC1C(C)C. The van der Waals surface area contributed by atoms with Gasteiger partial charge in [-0.2, -0.15) is 0 Å². The summed E-state index contributed by atoms with van der Waals surface area (Å²) < 4.78 is 4.85. The van der Waals surface area contributed by atoms with Crippen LogP contribution in [0.3, 0.4) is 0 Å². The molecule has 0 aliphatic heterocycles. The summed E-state index contributed by atoms with van der Waals surface area (Å²) in [4.78, 5) is 11.5. The molecule has 1 aliphatic rings. The molecule has 2 heteroatoms. The topological polar surface area (TPSA) is 26.3 Å². The number of carbonyl (C=O) groups is 1. The van der Waals surface area contributed by atoms with Gasteiger partial charge in [0.15, 0.2) is 0 Å². The van der Waals surface area contributed by atoms with Crippen molar-refractivity contribution in [1.29, 1.82) is 0 Å². The Balaban J connectivity index is 2.71. The molecule has 1 fully saturated rings. The zero-order chi connectivity index (χ0) is 10.0. The van der Waals surface area contributed by atoms with Crippen LogP contribution in [0.2, 0.25) is 0 Å². The summed E-state index contributed by atoms with van der Waals surface area (Å²) in [7, 11) is 1.49. The van der Waals surface area contributed by atoms with Crippen molar-refractivity contribution < 1.29 is 9.53 Å². The highest BCUT2D eigenvalue weighted by Gasteiger charge is 2.40. The van der Waals surface area contributed by atoms with E-state index in [0.717, 1.165) is 0 Å². The van der Waals surface area contributed by atoms with Gasteiger partial charge in [-0.3, -0.25) is 4.79 Å². The number of ether oxygens (including phenoxy) is 1. The average molecular weight is 184 g/mol. The van der Waals surface area contributed by atoms with Gasteiger partial charge in [-0.05, 0) is 30.6 Å². The molecule has 1 rings (SSSR count). The van der Waals surface area contributed by atoms with Crippen LogP contribution in [0.5, 0.6) is 0 Å². The third-order valence-electron chi connectivity index (χ3n) is 3.36. The molecule has 3 unspecified atom stereocenters. The van der Waals surface area contributed by atoms with Crippen LogP contribution in [0.4, 0.5) is 0 Å². The van der Waals surface area contributed by atoms with Crippen molar-refractivity contribution >= 4 is 5.97 Å². The fraction of sp³-hybridized carbons (Fsp3) is 0.909. The molecule has 2 nitrogen and oxygen atoms in total. The first-order valence-corrected chi connectivity index (χ1v) is 5.15. The fourth-order valence-corrected chi connectivity index (χ4v) is 2.53. The monoisotopic (exact) mass is 184 g/mol. The molecule has 0 saturated heterocycles. The van der Waals surface area contributed by atoms with E-state index in [1.807, 2.05) is 0 Å². The molecule has 13 heavy (non-hydrogen) atoms. The van der Waals surface area contributed by atoms with Crippen molar-refractivity contribution in [1.82, 2.24) is 0 Å². The summed E-state index contributed by atoms with van der Waals surface area (Å²) in [6, 6.07) is 0. The number of hydrogen-bond acceptors (Lipinski definition) is 2. The minimum atomic E-state index is -0.0105. The highest BCUT2D eigenvalue weighted by Crippen LogP contribution is 2.41. The van der Waals surface area contributed by atoms with Gasteiger partial charge in [0.05, 0.1) is 13.0 Å². The molecule has 3 atom stereocenters. The molecule has 0 aromatic rings. The minimum Gasteiger partial charge on any atom is -0.469 e. The lowest BCUT2D eigenvalue weighted by molar-refractivity contribution is -0.148.